The lowest BCUT2D eigenvalue weighted by Gasteiger charge is -2.36. The molecule has 0 radical (unpaired) electrons. The topological polar surface area (TPSA) is 120 Å². The molecule has 0 unspecified atom stereocenters. The van der Waals surface area contributed by atoms with Gasteiger partial charge in [0, 0.05) is 6.61 Å². The van der Waals surface area contributed by atoms with Crippen LogP contribution in [0.2, 0.25) is 18.1 Å². The van der Waals surface area contributed by atoms with E-state index < -0.39 is 8.32 Å². The van der Waals surface area contributed by atoms with E-state index in [2.05, 4.69) is 40.8 Å². The van der Waals surface area contributed by atoms with Crippen LogP contribution < -0.4 is 0 Å². The van der Waals surface area contributed by atoms with Crippen LogP contribution in [0.1, 0.15) is 118 Å². The van der Waals surface area contributed by atoms with Crippen LogP contribution in [0, 0.1) is 0 Å². The molecule has 13 nitrogen and oxygen atoms in total. The van der Waals surface area contributed by atoms with E-state index in [0.29, 0.717) is 159 Å². The second kappa shape index (κ2) is 48.2. The molecule has 60 heavy (non-hydrogen) atoms. The van der Waals surface area contributed by atoms with Gasteiger partial charge in [-0.05, 0) is 24.6 Å². The SMILES string of the molecule is CCCCCCCCCCCCCCCCOCCOCCOCCOCCOCCOCCOCCOCCOCCOCCOCCOCCO[Si](C)(C)C(C)(C)C. The molecule has 0 bridgehead atoms. The van der Waals surface area contributed by atoms with Gasteiger partial charge in [-0.1, -0.05) is 111 Å². The van der Waals surface area contributed by atoms with Crippen molar-refractivity contribution in [2.45, 2.75) is 136 Å². The average molecular weight is 885 g/mol. The fourth-order valence-electron chi connectivity index (χ4n) is 5.49. The molecule has 0 aliphatic rings. The van der Waals surface area contributed by atoms with Crippen molar-refractivity contribution in [1.29, 1.82) is 0 Å². The molecule has 362 valence electrons. The molecule has 0 aromatic carbocycles. The van der Waals surface area contributed by atoms with Crippen LogP contribution in [0.15, 0.2) is 0 Å². The lowest BCUT2D eigenvalue weighted by atomic mass is 10.0. The van der Waals surface area contributed by atoms with E-state index in [-0.39, 0.29) is 5.04 Å². The summed E-state index contributed by atoms with van der Waals surface area (Å²) in [6, 6.07) is 0. The Bertz CT molecular complexity index is 807. The zero-order valence-electron chi connectivity index (χ0n) is 39.9. The first-order chi connectivity index (χ1) is 29.3. The van der Waals surface area contributed by atoms with Crippen LogP contribution in [0.25, 0.3) is 0 Å². The quantitative estimate of drug-likeness (QED) is 0.0429. The van der Waals surface area contributed by atoms with Gasteiger partial charge in [-0.2, -0.15) is 0 Å². The second-order valence-electron chi connectivity index (χ2n) is 16.6. The zero-order valence-corrected chi connectivity index (χ0v) is 40.9. The van der Waals surface area contributed by atoms with Crippen LogP contribution in [-0.2, 0) is 61.3 Å². The molecule has 0 aromatic rings. The van der Waals surface area contributed by atoms with Gasteiger partial charge >= 0.3 is 0 Å². The summed E-state index contributed by atoms with van der Waals surface area (Å²) in [7, 11) is -1.70. The highest BCUT2D eigenvalue weighted by Crippen LogP contribution is 2.36. The first-order valence-electron chi connectivity index (χ1n) is 23.9. The van der Waals surface area contributed by atoms with Gasteiger partial charge in [-0.25, -0.2) is 0 Å². The summed E-state index contributed by atoms with van der Waals surface area (Å²) >= 11 is 0. The minimum absolute atomic E-state index is 0.216. The number of unbranched alkanes of at least 4 members (excludes halogenated alkanes) is 13. The van der Waals surface area contributed by atoms with E-state index in [1.165, 1.54) is 83.5 Å². The molecule has 0 amide bonds. The van der Waals surface area contributed by atoms with E-state index in [4.69, 9.17) is 61.3 Å². The summed E-state index contributed by atoms with van der Waals surface area (Å²) in [5.74, 6) is 0. The van der Waals surface area contributed by atoms with Gasteiger partial charge in [0.05, 0.1) is 159 Å². The molecule has 0 saturated carbocycles. The Morgan fingerprint density at radius 1 is 0.250 bits per heavy atom. The van der Waals surface area contributed by atoms with Gasteiger partial charge < -0.3 is 61.3 Å². The summed E-state index contributed by atoms with van der Waals surface area (Å²) in [4.78, 5) is 0. The highest BCUT2D eigenvalue weighted by molar-refractivity contribution is 6.74. The first-order valence-corrected chi connectivity index (χ1v) is 26.8. The fraction of sp³-hybridized carbons (Fsp3) is 1.00. The van der Waals surface area contributed by atoms with Crippen molar-refractivity contribution in [2.75, 3.05) is 165 Å². The fourth-order valence-corrected chi connectivity index (χ4v) is 6.52. The Morgan fingerprint density at radius 3 is 0.650 bits per heavy atom. The van der Waals surface area contributed by atoms with Crippen molar-refractivity contribution in [3.63, 3.8) is 0 Å². The molecular weight excluding hydrogens is 789 g/mol. The number of hydrogen-bond acceptors (Lipinski definition) is 13. The van der Waals surface area contributed by atoms with Crippen LogP contribution >= 0.6 is 0 Å². The van der Waals surface area contributed by atoms with Crippen LogP contribution in [0.5, 0.6) is 0 Å². The Labute approximate surface area is 369 Å². The Kier molecular flexibility index (Phi) is 47.9. The van der Waals surface area contributed by atoms with Crippen LogP contribution in [0.3, 0.4) is 0 Å². The number of hydrogen-bond donors (Lipinski definition) is 0. The molecule has 0 atom stereocenters. The standard InChI is InChI=1S/C46H96O13Si/c1-7-8-9-10-11-12-13-14-15-16-17-18-19-20-21-47-22-23-48-24-25-49-26-27-50-28-29-51-30-31-52-32-33-53-34-35-54-36-37-55-38-39-56-40-41-57-42-43-58-44-45-59-60(5,6)46(2,3)4/h7-45H2,1-6H3. The predicted molar refractivity (Wildman–Crippen MR) is 243 cm³/mol. The molecule has 0 heterocycles. The Morgan fingerprint density at radius 2 is 0.433 bits per heavy atom. The van der Waals surface area contributed by atoms with Crippen LogP contribution in [0.4, 0.5) is 0 Å². The molecule has 0 rings (SSSR count). The predicted octanol–water partition coefficient (Wildman–Crippen LogP) is 8.69. The maximum atomic E-state index is 6.09. The summed E-state index contributed by atoms with van der Waals surface area (Å²) < 4.78 is 72.8. The van der Waals surface area contributed by atoms with E-state index in [0.717, 1.165) is 13.0 Å². The second-order valence-corrected chi connectivity index (χ2v) is 21.4. The molecule has 0 aromatic heterocycles. The van der Waals surface area contributed by atoms with E-state index in [1.54, 1.807) is 0 Å². The molecule has 0 fully saturated rings. The minimum Gasteiger partial charge on any atom is -0.414 e. The summed E-state index contributed by atoms with van der Waals surface area (Å²) in [6.07, 6.45) is 19.2. The summed E-state index contributed by atoms with van der Waals surface area (Å²) in [6.45, 7) is 27.4. The van der Waals surface area contributed by atoms with Crippen molar-refractivity contribution in [2.24, 2.45) is 0 Å². The van der Waals surface area contributed by atoms with Crippen molar-refractivity contribution in [3.8, 4) is 0 Å². The first kappa shape index (κ1) is 59.7. The van der Waals surface area contributed by atoms with Gasteiger partial charge in [-0.15, -0.1) is 0 Å². The van der Waals surface area contributed by atoms with Gasteiger partial charge in [-0.3, -0.25) is 0 Å². The highest BCUT2D eigenvalue weighted by atomic mass is 28.4. The van der Waals surface area contributed by atoms with Gasteiger partial charge in [0.2, 0.25) is 0 Å². The minimum atomic E-state index is -1.70. The van der Waals surface area contributed by atoms with Crippen molar-refractivity contribution < 1.29 is 61.3 Å². The summed E-state index contributed by atoms with van der Waals surface area (Å²) in [5, 5.41) is 0.216. The number of ether oxygens (including phenoxy) is 12. The molecule has 0 aliphatic heterocycles. The third-order valence-electron chi connectivity index (χ3n) is 10.2. The van der Waals surface area contributed by atoms with Crippen LogP contribution in [-0.4, -0.2) is 173 Å². The van der Waals surface area contributed by atoms with Crippen molar-refractivity contribution >= 4 is 8.32 Å². The summed E-state index contributed by atoms with van der Waals surface area (Å²) in [5.41, 5.74) is 0. The third-order valence-corrected chi connectivity index (χ3v) is 14.8. The molecule has 0 aliphatic carbocycles. The van der Waals surface area contributed by atoms with Gasteiger partial charge in [0.15, 0.2) is 8.32 Å². The molecule has 0 saturated heterocycles. The normalized spacial score (nSPS) is 12.3. The molecule has 0 spiro atoms. The Hall–Kier alpha value is -0.303. The monoisotopic (exact) mass is 885 g/mol. The van der Waals surface area contributed by atoms with Gasteiger partial charge in [0.25, 0.3) is 0 Å². The lowest BCUT2D eigenvalue weighted by Crippen LogP contribution is -2.41. The van der Waals surface area contributed by atoms with E-state index in [1.807, 2.05) is 0 Å². The Balaban J connectivity index is 3.10. The highest BCUT2D eigenvalue weighted by Gasteiger charge is 2.36. The van der Waals surface area contributed by atoms with Crippen molar-refractivity contribution in [1.82, 2.24) is 0 Å². The maximum absolute atomic E-state index is 6.09. The smallest absolute Gasteiger partial charge is 0.192 e. The van der Waals surface area contributed by atoms with E-state index in [9.17, 15) is 0 Å². The molecule has 14 heteroatoms. The zero-order chi connectivity index (χ0) is 43.8. The molecule has 0 N–H and O–H groups in total. The van der Waals surface area contributed by atoms with Crippen molar-refractivity contribution in [3.05, 3.63) is 0 Å². The largest absolute Gasteiger partial charge is 0.414 e. The maximum Gasteiger partial charge on any atom is 0.192 e. The number of rotatable bonds is 52. The van der Waals surface area contributed by atoms with E-state index >= 15 is 0 Å². The lowest BCUT2D eigenvalue weighted by molar-refractivity contribution is -0.0285. The molecular formula is C46H96O13Si. The average Bonchev–Trinajstić information content (AvgIpc) is 3.22. The van der Waals surface area contributed by atoms with Gasteiger partial charge in [0.1, 0.15) is 0 Å². The third kappa shape index (κ3) is 47.2.